The van der Waals surface area contributed by atoms with Crippen LogP contribution in [-0.4, -0.2) is 44.8 Å². The predicted octanol–water partition coefficient (Wildman–Crippen LogP) is 0.0778. The number of amides is 1. The molecule has 2 N–H and O–H groups in total. The Morgan fingerprint density at radius 2 is 2.15 bits per heavy atom. The Kier molecular flexibility index (Phi) is 5.09. The van der Waals surface area contributed by atoms with Crippen molar-refractivity contribution in [3.8, 4) is 0 Å². The number of morpholine rings is 1. The summed E-state index contributed by atoms with van der Waals surface area (Å²) in [5.41, 5.74) is 1.40. The van der Waals surface area contributed by atoms with E-state index in [1.165, 1.54) is 7.11 Å². The van der Waals surface area contributed by atoms with Gasteiger partial charge in [0.2, 0.25) is 0 Å². The van der Waals surface area contributed by atoms with Gasteiger partial charge in [-0.3, -0.25) is 4.79 Å². The summed E-state index contributed by atoms with van der Waals surface area (Å²) in [6.45, 7) is 2.26. The lowest BCUT2D eigenvalue weighted by atomic mass is 10.1. The van der Waals surface area contributed by atoms with Gasteiger partial charge in [-0.05, 0) is 17.7 Å². The van der Waals surface area contributed by atoms with Crippen molar-refractivity contribution in [2.75, 3.05) is 26.8 Å². The van der Waals surface area contributed by atoms with Crippen LogP contribution >= 0.6 is 0 Å². The lowest BCUT2D eigenvalue weighted by Gasteiger charge is -2.22. The van der Waals surface area contributed by atoms with Gasteiger partial charge in [-0.2, -0.15) is 0 Å². The first-order chi connectivity index (χ1) is 9.70. The van der Waals surface area contributed by atoms with E-state index in [-0.39, 0.29) is 11.9 Å². The zero-order valence-electron chi connectivity index (χ0n) is 11.3. The number of esters is 1. The third-order valence-corrected chi connectivity index (χ3v) is 3.06. The highest BCUT2D eigenvalue weighted by Crippen LogP contribution is 2.06. The van der Waals surface area contributed by atoms with Crippen molar-refractivity contribution in [2.24, 2.45) is 0 Å². The number of nitrogens with one attached hydrogen (secondary N) is 2. The van der Waals surface area contributed by atoms with Crippen LogP contribution in [0.3, 0.4) is 0 Å². The number of hydrogen-bond acceptors (Lipinski definition) is 5. The molecule has 1 unspecified atom stereocenters. The van der Waals surface area contributed by atoms with E-state index in [1.54, 1.807) is 24.3 Å². The molecule has 1 aliphatic rings. The van der Waals surface area contributed by atoms with E-state index in [2.05, 4.69) is 15.4 Å². The minimum atomic E-state index is -0.432. The van der Waals surface area contributed by atoms with Crippen LogP contribution in [0.1, 0.15) is 15.9 Å². The normalized spacial score (nSPS) is 18.4. The smallest absolute Gasteiger partial charge is 0.337 e. The molecule has 0 aliphatic carbocycles. The lowest BCUT2D eigenvalue weighted by molar-refractivity contribution is -0.134. The Morgan fingerprint density at radius 1 is 1.40 bits per heavy atom. The molecule has 1 atom stereocenters. The van der Waals surface area contributed by atoms with Crippen LogP contribution in [0, 0.1) is 0 Å². The molecule has 1 aromatic rings. The SMILES string of the molecule is COC(=O)c1ccc(CNC(=O)C2CNCCO2)cc1. The Labute approximate surface area is 117 Å². The molecular weight excluding hydrogens is 260 g/mol. The van der Waals surface area contributed by atoms with E-state index in [0.29, 0.717) is 25.3 Å². The van der Waals surface area contributed by atoms with Gasteiger partial charge in [-0.1, -0.05) is 12.1 Å². The lowest BCUT2D eigenvalue weighted by Crippen LogP contribution is -2.47. The van der Waals surface area contributed by atoms with Crippen LogP contribution < -0.4 is 10.6 Å². The average Bonchev–Trinajstić information content (AvgIpc) is 2.53. The highest BCUT2D eigenvalue weighted by Gasteiger charge is 2.21. The number of rotatable bonds is 4. The molecule has 0 saturated carbocycles. The van der Waals surface area contributed by atoms with E-state index in [4.69, 9.17) is 4.74 Å². The zero-order valence-corrected chi connectivity index (χ0v) is 11.3. The maximum atomic E-state index is 11.8. The molecule has 1 amide bonds. The van der Waals surface area contributed by atoms with Gasteiger partial charge in [0.15, 0.2) is 0 Å². The largest absolute Gasteiger partial charge is 0.465 e. The first-order valence-corrected chi connectivity index (χ1v) is 6.48. The van der Waals surface area contributed by atoms with Gasteiger partial charge < -0.3 is 20.1 Å². The number of ether oxygens (including phenoxy) is 2. The number of carbonyl (C=O) groups excluding carboxylic acids is 2. The summed E-state index contributed by atoms with van der Waals surface area (Å²) >= 11 is 0. The van der Waals surface area contributed by atoms with Crippen molar-refractivity contribution in [3.63, 3.8) is 0 Å². The minimum Gasteiger partial charge on any atom is -0.465 e. The summed E-state index contributed by atoms with van der Waals surface area (Å²) in [6.07, 6.45) is -0.432. The molecule has 0 radical (unpaired) electrons. The van der Waals surface area contributed by atoms with E-state index in [1.807, 2.05) is 0 Å². The molecule has 1 saturated heterocycles. The van der Waals surface area contributed by atoms with Gasteiger partial charge in [0, 0.05) is 19.6 Å². The summed E-state index contributed by atoms with van der Waals surface area (Å²) in [6, 6.07) is 6.91. The maximum Gasteiger partial charge on any atom is 0.337 e. The molecule has 1 aromatic carbocycles. The van der Waals surface area contributed by atoms with Crippen molar-refractivity contribution in [1.29, 1.82) is 0 Å². The van der Waals surface area contributed by atoms with Gasteiger partial charge in [0.05, 0.1) is 19.3 Å². The second-order valence-electron chi connectivity index (χ2n) is 4.47. The Bertz CT molecular complexity index is 467. The van der Waals surface area contributed by atoms with E-state index >= 15 is 0 Å². The van der Waals surface area contributed by atoms with Gasteiger partial charge in [0.1, 0.15) is 6.10 Å². The number of benzene rings is 1. The first kappa shape index (κ1) is 14.5. The zero-order chi connectivity index (χ0) is 14.4. The maximum absolute atomic E-state index is 11.8. The summed E-state index contributed by atoms with van der Waals surface area (Å²) in [5, 5.41) is 5.91. The van der Waals surface area contributed by atoms with Crippen molar-refractivity contribution in [3.05, 3.63) is 35.4 Å². The highest BCUT2D eigenvalue weighted by molar-refractivity contribution is 5.89. The van der Waals surface area contributed by atoms with Crippen molar-refractivity contribution < 1.29 is 19.1 Å². The van der Waals surface area contributed by atoms with Crippen molar-refractivity contribution >= 4 is 11.9 Å². The fourth-order valence-electron chi connectivity index (χ4n) is 1.91. The van der Waals surface area contributed by atoms with Crippen LogP contribution in [0.5, 0.6) is 0 Å². The van der Waals surface area contributed by atoms with Crippen LogP contribution in [-0.2, 0) is 20.8 Å². The molecule has 0 spiro atoms. The molecule has 6 heteroatoms. The molecule has 1 aliphatic heterocycles. The highest BCUT2D eigenvalue weighted by atomic mass is 16.5. The van der Waals surface area contributed by atoms with Crippen LogP contribution in [0.25, 0.3) is 0 Å². The summed E-state index contributed by atoms with van der Waals surface area (Å²) < 4.78 is 9.98. The topological polar surface area (TPSA) is 76.7 Å². The minimum absolute atomic E-state index is 0.130. The third-order valence-electron chi connectivity index (χ3n) is 3.06. The average molecular weight is 278 g/mol. The summed E-state index contributed by atoms with van der Waals surface area (Å²) in [4.78, 5) is 23.1. The standard InChI is InChI=1S/C14H18N2O4/c1-19-14(18)11-4-2-10(3-5-11)8-16-13(17)12-9-15-6-7-20-12/h2-5,12,15H,6-9H2,1H3,(H,16,17). The van der Waals surface area contributed by atoms with Crippen molar-refractivity contribution in [2.45, 2.75) is 12.6 Å². The summed E-state index contributed by atoms with van der Waals surface area (Å²) in [7, 11) is 1.34. The van der Waals surface area contributed by atoms with E-state index in [9.17, 15) is 9.59 Å². The molecule has 108 valence electrons. The third kappa shape index (κ3) is 3.79. The number of hydrogen-bond donors (Lipinski definition) is 2. The fourth-order valence-corrected chi connectivity index (χ4v) is 1.91. The van der Waals surface area contributed by atoms with Crippen molar-refractivity contribution in [1.82, 2.24) is 10.6 Å². The van der Waals surface area contributed by atoms with Crippen LogP contribution in [0.15, 0.2) is 24.3 Å². The van der Waals surface area contributed by atoms with Gasteiger partial charge in [0.25, 0.3) is 5.91 Å². The molecule has 2 rings (SSSR count). The summed E-state index contributed by atoms with van der Waals surface area (Å²) in [5.74, 6) is -0.503. The van der Waals surface area contributed by atoms with Gasteiger partial charge in [-0.15, -0.1) is 0 Å². The quantitative estimate of drug-likeness (QED) is 0.763. The Hall–Kier alpha value is -1.92. The molecule has 1 heterocycles. The Balaban J connectivity index is 1.84. The second-order valence-corrected chi connectivity index (χ2v) is 4.47. The van der Waals surface area contributed by atoms with E-state index < -0.39 is 6.10 Å². The van der Waals surface area contributed by atoms with Gasteiger partial charge >= 0.3 is 5.97 Å². The molecule has 20 heavy (non-hydrogen) atoms. The molecule has 6 nitrogen and oxygen atoms in total. The van der Waals surface area contributed by atoms with Crippen LogP contribution in [0.4, 0.5) is 0 Å². The van der Waals surface area contributed by atoms with E-state index in [0.717, 1.165) is 12.1 Å². The predicted molar refractivity (Wildman–Crippen MR) is 72.2 cm³/mol. The molecule has 0 aromatic heterocycles. The van der Waals surface area contributed by atoms with Crippen LogP contribution in [0.2, 0.25) is 0 Å². The number of methoxy groups -OCH3 is 1. The Morgan fingerprint density at radius 3 is 2.75 bits per heavy atom. The number of carbonyl (C=O) groups is 2. The molecule has 1 fully saturated rings. The second kappa shape index (κ2) is 7.02. The molecule has 0 bridgehead atoms. The monoisotopic (exact) mass is 278 g/mol. The fraction of sp³-hybridized carbons (Fsp3) is 0.429. The molecular formula is C14H18N2O4. The van der Waals surface area contributed by atoms with Gasteiger partial charge in [-0.25, -0.2) is 4.79 Å². The first-order valence-electron chi connectivity index (χ1n) is 6.48.